The molecule has 2 aromatic rings. The van der Waals surface area contributed by atoms with E-state index in [2.05, 4.69) is 15.9 Å². The van der Waals surface area contributed by atoms with E-state index in [0.29, 0.717) is 15.6 Å². The Balaban J connectivity index is 2.19. The van der Waals surface area contributed by atoms with Crippen molar-refractivity contribution in [1.82, 2.24) is 0 Å². The van der Waals surface area contributed by atoms with Crippen molar-refractivity contribution in [3.8, 4) is 0 Å². The fraction of sp³-hybridized carbons (Fsp3) is 0.0625. The van der Waals surface area contributed by atoms with E-state index in [1.807, 2.05) is 0 Å². The molecule has 0 saturated carbocycles. The lowest BCUT2D eigenvalue weighted by molar-refractivity contribution is 0.101. The van der Waals surface area contributed by atoms with Crippen LogP contribution in [0, 0.1) is 0 Å². The van der Waals surface area contributed by atoms with Gasteiger partial charge in [0.25, 0.3) is 0 Å². The Kier molecular flexibility index (Phi) is 3.28. The number of rotatable bonds is 1. The predicted octanol–water partition coefficient (Wildman–Crippen LogP) is 4.06. The summed E-state index contributed by atoms with van der Waals surface area (Å²) in [5.74, 6) is -1.15. The van der Waals surface area contributed by atoms with Crippen LogP contribution >= 0.6 is 15.9 Å². The molecule has 1 aliphatic rings. The summed E-state index contributed by atoms with van der Waals surface area (Å²) in [5, 5.41) is 10.2. The second-order valence-corrected chi connectivity index (χ2v) is 5.38. The van der Waals surface area contributed by atoms with Gasteiger partial charge in [0, 0.05) is 15.6 Å². The number of hydrogen-bond donors (Lipinski definition) is 1. The van der Waals surface area contributed by atoms with E-state index >= 15 is 0 Å². The fourth-order valence-corrected chi connectivity index (χ4v) is 2.83. The number of aliphatic hydroxyl groups is 1. The van der Waals surface area contributed by atoms with Gasteiger partial charge < -0.3 is 5.11 Å². The molecule has 0 spiro atoms. The molecular formula is C16H10BrFO2. The normalized spacial score (nSPS) is 19.9. The number of carbonyl (C=O) groups excluding carboxylic acids is 1. The number of benzene rings is 2. The zero-order valence-corrected chi connectivity index (χ0v) is 11.9. The largest absolute Gasteiger partial charge is 0.383 e. The Morgan fingerprint density at radius 1 is 1.10 bits per heavy atom. The third kappa shape index (κ3) is 1.92. The highest BCUT2D eigenvalue weighted by molar-refractivity contribution is 9.10. The van der Waals surface area contributed by atoms with E-state index in [4.69, 9.17) is 0 Å². The Labute approximate surface area is 123 Å². The van der Waals surface area contributed by atoms with Crippen molar-refractivity contribution in [2.45, 2.75) is 6.10 Å². The van der Waals surface area contributed by atoms with Gasteiger partial charge in [0.2, 0.25) is 0 Å². The maximum absolute atomic E-state index is 14.6. The van der Waals surface area contributed by atoms with Crippen LogP contribution < -0.4 is 0 Å². The molecule has 1 atom stereocenters. The van der Waals surface area contributed by atoms with Gasteiger partial charge >= 0.3 is 0 Å². The summed E-state index contributed by atoms with van der Waals surface area (Å²) in [7, 11) is 0. The minimum absolute atomic E-state index is 0.196. The highest BCUT2D eigenvalue weighted by Crippen LogP contribution is 2.41. The zero-order valence-electron chi connectivity index (χ0n) is 10.3. The SMILES string of the molecule is O=C1/C(=C(/F)c2ccccc2Br)C(O)c2ccccc21. The molecule has 0 aliphatic heterocycles. The predicted molar refractivity (Wildman–Crippen MR) is 77.9 cm³/mol. The quantitative estimate of drug-likeness (QED) is 0.799. The molecule has 0 aromatic heterocycles. The lowest BCUT2D eigenvalue weighted by Crippen LogP contribution is -2.02. The van der Waals surface area contributed by atoms with Crippen LogP contribution in [0.4, 0.5) is 4.39 Å². The third-order valence-corrected chi connectivity index (χ3v) is 4.06. The van der Waals surface area contributed by atoms with Gasteiger partial charge in [-0.2, -0.15) is 0 Å². The second-order valence-electron chi connectivity index (χ2n) is 4.53. The monoisotopic (exact) mass is 332 g/mol. The number of carbonyl (C=O) groups is 1. The molecule has 4 heteroatoms. The van der Waals surface area contributed by atoms with Crippen LogP contribution in [-0.4, -0.2) is 10.9 Å². The van der Waals surface area contributed by atoms with Crippen LogP contribution in [0.1, 0.15) is 27.6 Å². The van der Waals surface area contributed by atoms with Crippen molar-refractivity contribution in [3.05, 3.63) is 75.3 Å². The van der Waals surface area contributed by atoms with Crippen molar-refractivity contribution in [3.63, 3.8) is 0 Å². The van der Waals surface area contributed by atoms with E-state index < -0.39 is 17.7 Å². The summed E-state index contributed by atoms with van der Waals surface area (Å²) in [6, 6.07) is 13.3. The van der Waals surface area contributed by atoms with Crippen LogP contribution in [0.2, 0.25) is 0 Å². The van der Waals surface area contributed by atoms with E-state index in [0.717, 1.165) is 0 Å². The molecule has 20 heavy (non-hydrogen) atoms. The van der Waals surface area contributed by atoms with Crippen LogP contribution in [0.5, 0.6) is 0 Å². The van der Waals surface area contributed by atoms with E-state index in [9.17, 15) is 14.3 Å². The standard InChI is InChI=1S/C16H10BrFO2/c17-12-8-4-3-7-11(12)14(18)13-15(19)9-5-1-2-6-10(9)16(13)20/h1-8,15,19H/b14-13+. The Hall–Kier alpha value is -1.78. The Morgan fingerprint density at radius 3 is 2.45 bits per heavy atom. The molecule has 2 aromatic carbocycles. The molecule has 0 bridgehead atoms. The molecular weight excluding hydrogens is 323 g/mol. The maximum atomic E-state index is 14.6. The molecule has 0 fully saturated rings. The van der Waals surface area contributed by atoms with Gasteiger partial charge in [0.15, 0.2) is 5.78 Å². The lowest BCUT2D eigenvalue weighted by Gasteiger charge is -2.08. The minimum Gasteiger partial charge on any atom is -0.383 e. The molecule has 0 radical (unpaired) electrons. The van der Waals surface area contributed by atoms with Crippen LogP contribution in [0.25, 0.3) is 5.83 Å². The van der Waals surface area contributed by atoms with Gasteiger partial charge in [-0.05, 0) is 11.6 Å². The number of Topliss-reactive ketones (excluding diaryl/α,β-unsaturated/α-hetero) is 1. The Bertz CT molecular complexity index is 737. The summed E-state index contributed by atoms with van der Waals surface area (Å²) in [6.07, 6.45) is -1.22. The smallest absolute Gasteiger partial charge is 0.195 e. The summed E-state index contributed by atoms with van der Waals surface area (Å²) in [4.78, 5) is 12.3. The fourth-order valence-electron chi connectivity index (χ4n) is 2.37. The van der Waals surface area contributed by atoms with Crippen molar-refractivity contribution in [2.75, 3.05) is 0 Å². The van der Waals surface area contributed by atoms with Gasteiger partial charge in [-0.15, -0.1) is 0 Å². The van der Waals surface area contributed by atoms with Gasteiger partial charge in [0.05, 0.1) is 5.57 Å². The number of hydrogen-bond acceptors (Lipinski definition) is 2. The molecule has 1 N–H and O–H groups in total. The second kappa shape index (κ2) is 4.96. The topological polar surface area (TPSA) is 37.3 Å². The van der Waals surface area contributed by atoms with Crippen molar-refractivity contribution in [1.29, 1.82) is 0 Å². The van der Waals surface area contributed by atoms with Crippen molar-refractivity contribution >= 4 is 27.5 Å². The number of halogens is 2. The van der Waals surface area contributed by atoms with Gasteiger partial charge in [-0.25, -0.2) is 4.39 Å². The van der Waals surface area contributed by atoms with Gasteiger partial charge in [-0.1, -0.05) is 58.4 Å². The maximum Gasteiger partial charge on any atom is 0.195 e. The van der Waals surface area contributed by atoms with Crippen molar-refractivity contribution in [2.24, 2.45) is 0 Å². The summed E-state index contributed by atoms with van der Waals surface area (Å²) in [5.41, 5.74) is 0.882. The average Bonchev–Trinajstić information content (AvgIpc) is 2.71. The first-order valence-corrected chi connectivity index (χ1v) is 6.87. The highest BCUT2D eigenvalue weighted by atomic mass is 79.9. The van der Waals surface area contributed by atoms with Gasteiger partial charge in [0.1, 0.15) is 11.9 Å². The first-order chi connectivity index (χ1) is 9.61. The molecule has 100 valence electrons. The highest BCUT2D eigenvalue weighted by Gasteiger charge is 2.36. The zero-order chi connectivity index (χ0) is 14.3. The van der Waals surface area contributed by atoms with Crippen LogP contribution in [0.3, 0.4) is 0 Å². The summed E-state index contributed by atoms with van der Waals surface area (Å²) < 4.78 is 15.2. The van der Waals surface area contributed by atoms with E-state index in [1.165, 1.54) is 0 Å². The van der Waals surface area contributed by atoms with Crippen molar-refractivity contribution < 1.29 is 14.3 Å². The van der Waals surface area contributed by atoms with E-state index in [1.54, 1.807) is 48.5 Å². The number of ketones is 1. The number of aliphatic hydroxyl groups excluding tert-OH is 1. The summed E-state index contributed by atoms with van der Waals surface area (Å²) >= 11 is 3.25. The minimum atomic E-state index is -1.22. The van der Waals surface area contributed by atoms with Crippen LogP contribution in [0.15, 0.2) is 58.6 Å². The first-order valence-electron chi connectivity index (χ1n) is 6.07. The summed E-state index contributed by atoms with van der Waals surface area (Å²) in [6.45, 7) is 0. The van der Waals surface area contributed by atoms with Gasteiger partial charge in [-0.3, -0.25) is 4.79 Å². The molecule has 0 heterocycles. The third-order valence-electron chi connectivity index (χ3n) is 3.36. The molecule has 3 rings (SSSR count). The molecule has 1 unspecified atom stereocenters. The molecule has 0 saturated heterocycles. The number of fused-ring (bicyclic) bond motifs is 1. The Morgan fingerprint density at radius 2 is 1.75 bits per heavy atom. The first kappa shape index (κ1) is 13.2. The lowest BCUT2D eigenvalue weighted by atomic mass is 10.0. The van der Waals surface area contributed by atoms with Crippen LogP contribution in [-0.2, 0) is 0 Å². The molecule has 2 nitrogen and oxygen atoms in total. The molecule has 1 aliphatic carbocycles. The van der Waals surface area contributed by atoms with E-state index in [-0.39, 0.29) is 11.1 Å². The average molecular weight is 333 g/mol. The molecule has 0 amide bonds.